The molecule has 0 radical (unpaired) electrons. The van der Waals surface area contributed by atoms with Gasteiger partial charge in [-0.3, -0.25) is 5.43 Å². The minimum atomic E-state index is 0.756. The Morgan fingerprint density at radius 2 is 1.66 bits per heavy atom. The van der Waals surface area contributed by atoms with E-state index >= 15 is 0 Å². The topological polar surface area (TPSA) is 46.5 Å². The molecule has 0 saturated carbocycles. The second-order valence-corrected chi connectivity index (χ2v) is 7.54. The number of ether oxygens (including phenoxy) is 1. The van der Waals surface area contributed by atoms with E-state index in [-0.39, 0.29) is 0 Å². The van der Waals surface area contributed by atoms with Gasteiger partial charge in [0, 0.05) is 5.39 Å². The molecule has 0 aliphatic heterocycles. The number of rotatable bonds is 4. The van der Waals surface area contributed by atoms with Gasteiger partial charge in [-0.25, -0.2) is 4.98 Å². The van der Waals surface area contributed by atoms with Gasteiger partial charge in [0.2, 0.25) is 0 Å². The zero-order valence-corrected chi connectivity index (χ0v) is 17.5. The standard InChI is InChI=1S/C25H25N3O/c1-15-10-17(3)25-23(11-15)16(2)12-24(26-25)28-27-18(4)19-6-7-21-14-22(29-5)9-8-20(21)13-19/h6-14H,1-5H3,(H,26,28). The maximum atomic E-state index is 5.30. The third kappa shape index (κ3) is 3.79. The molecule has 0 aliphatic rings. The summed E-state index contributed by atoms with van der Waals surface area (Å²) >= 11 is 0. The lowest BCUT2D eigenvalue weighted by atomic mass is 10.0. The molecule has 0 saturated heterocycles. The maximum absolute atomic E-state index is 5.30. The minimum Gasteiger partial charge on any atom is -0.497 e. The number of nitrogens with zero attached hydrogens (tertiary/aromatic N) is 2. The van der Waals surface area contributed by atoms with Gasteiger partial charge in [0.05, 0.1) is 18.3 Å². The molecule has 0 spiro atoms. The zero-order chi connectivity index (χ0) is 20.5. The lowest BCUT2D eigenvalue weighted by molar-refractivity contribution is 0.415. The van der Waals surface area contributed by atoms with E-state index < -0.39 is 0 Å². The first-order valence-corrected chi connectivity index (χ1v) is 9.71. The van der Waals surface area contributed by atoms with Crippen LogP contribution >= 0.6 is 0 Å². The van der Waals surface area contributed by atoms with Crippen molar-refractivity contribution in [2.24, 2.45) is 5.10 Å². The van der Waals surface area contributed by atoms with Crippen molar-refractivity contribution in [2.75, 3.05) is 12.5 Å². The number of pyridine rings is 1. The van der Waals surface area contributed by atoms with E-state index in [0.29, 0.717) is 0 Å². The fourth-order valence-corrected chi connectivity index (χ4v) is 3.68. The Kier molecular flexibility index (Phi) is 4.93. The monoisotopic (exact) mass is 383 g/mol. The molecular weight excluding hydrogens is 358 g/mol. The lowest BCUT2D eigenvalue weighted by Gasteiger charge is -2.10. The number of aryl methyl sites for hydroxylation is 3. The Labute approximate surface area is 171 Å². The SMILES string of the molecule is COc1ccc2cc(C(C)=NNc3cc(C)c4cc(C)cc(C)c4n3)ccc2c1. The lowest BCUT2D eigenvalue weighted by Crippen LogP contribution is -2.02. The number of hydrogen-bond donors (Lipinski definition) is 1. The van der Waals surface area contributed by atoms with Crippen molar-refractivity contribution in [1.82, 2.24) is 4.98 Å². The van der Waals surface area contributed by atoms with Gasteiger partial charge in [0.25, 0.3) is 0 Å². The van der Waals surface area contributed by atoms with Gasteiger partial charge in [-0.2, -0.15) is 5.10 Å². The number of benzene rings is 3. The summed E-state index contributed by atoms with van der Waals surface area (Å²) in [6, 6.07) is 18.8. The fraction of sp³-hybridized carbons (Fsp3) is 0.200. The van der Waals surface area contributed by atoms with Crippen LogP contribution in [-0.2, 0) is 0 Å². The third-order valence-corrected chi connectivity index (χ3v) is 5.26. The Bertz CT molecular complexity index is 1260. The molecule has 29 heavy (non-hydrogen) atoms. The highest BCUT2D eigenvalue weighted by Crippen LogP contribution is 2.25. The van der Waals surface area contributed by atoms with E-state index in [4.69, 9.17) is 9.72 Å². The molecule has 0 aliphatic carbocycles. The van der Waals surface area contributed by atoms with Crippen LogP contribution in [0.15, 0.2) is 59.7 Å². The quantitative estimate of drug-likeness (QED) is 0.339. The summed E-state index contributed by atoms with van der Waals surface area (Å²) in [5.74, 6) is 1.62. The average Bonchev–Trinajstić information content (AvgIpc) is 2.72. The number of nitrogens with one attached hydrogen (secondary N) is 1. The molecule has 4 rings (SSSR count). The fourth-order valence-electron chi connectivity index (χ4n) is 3.68. The highest BCUT2D eigenvalue weighted by Gasteiger charge is 2.07. The van der Waals surface area contributed by atoms with Crippen LogP contribution in [0.4, 0.5) is 5.82 Å². The Morgan fingerprint density at radius 1 is 0.897 bits per heavy atom. The number of fused-ring (bicyclic) bond motifs is 2. The van der Waals surface area contributed by atoms with Crippen LogP contribution < -0.4 is 10.2 Å². The van der Waals surface area contributed by atoms with Crippen molar-refractivity contribution in [3.8, 4) is 5.75 Å². The zero-order valence-electron chi connectivity index (χ0n) is 17.5. The van der Waals surface area contributed by atoms with Gasteiger partial charge in [-0.1, -0.05) is 29.8 Å². The largest absolute Gasteiger partial charge is 0.497 e. The summed E-state index contributed by atoms with van der Waals surface area (Å²) < 4.78 is 5.30. The van der Waals surface area contributed by atoms with Crippen molar-refractivity contribution in [3.63, 3.8) is 0 Å². The molecule has 1 aromatic heterocycles. The van der Waals surface area contributed by atoms with Crippen molar-refractivity contribution in [3.05, 3.63) is 76.9 Å². The summed E-state index contributed by atoms with van der Waals surface area (Å²) in [4.78, 5) is 4.78. The van der Waals surface area contributed by atoms with E-state index in [0.717, 1.165) is 39.1 Å². The van der Waals surface area contributed by atoms with Gasteiger partial charge in [-0.05, 0) is 85.5 Å². The number of hydrazone groups is 1. The maximum Gasteiger partial charge on any atom is 0.147 e. The Balaban J connectivity index is 1.64. The molecule has 4 heteroatoms. The normalized spacial score (nSPS) is 11.8. The number of anilines is 1. The van der Waals surface area contributed by atoms with Crippen molar-refractivity contribution < 1.29 is 4.74 Å². The predicted octanol–water partition coefficient (Wildman–Crippen LogP) is 6.16. The molecule has 3 aromatic carbocycles. The van der Waals surface area contributed by atoms with Crippen LogP contribution in [0, 0.1) is 20.8 Å². The Hall–Kier alpha value is -3.40. The number of aromatic nitrogens is 1. The molecule has 146 valence electrons. The third-order valence-electron chi connectivity index (χ3n) is 5.26. The molecule has 4 nitrogen and oxygen atoms in total. The first-order valence-electron chi connectivity index (χ1n) is 9.71. The molecule has 0 bridgehead atoms. The smallest absolute Gasteiger partial charge is 0.147 e. The van der Waals surface area contributed by atoms with Crippen LogP contribution in [0.25, 0.3) is 21.7 Å². The first-order chi connectivity index (χ1) is 13.9. The molecule has 1 N–H and O–H groups in total. The molecule has 1 heterocycles. The van der Waals surface area contributed by atoms with Crippen LogP contribution in [0.2, 0.25) is 0 Å². The van der Waals surface area contributed by atoms with Crippen LogP contribution in [0.5, 0.6) is 5.75 Å². The highest BCUT2D eigenvalue weighted by atomic mass is 16.5. The molecule has 0 unspecified atom stereocenters. The van der Waals surface area contributed by atoms with E-state index in [2.05, 4.69) is 67.7 Å². The van der Waals surface area contributed by atoms with Gasteiger partial charge in [0.1, 0.15) is 11.6 Å². The highest BCUT2D eigenvalue weighted by molar-refractivity contribution is 6.02. The minimum absolute atomic E-state index is 0.756. The van der Waals surface area contributed by atoms with Crippen LogP contribution in [-0.4, -0.2) is 17.8 Å². The van der Waals surface area contributed by atoms with E-state index in [1.54, 1.807) is 7.11 Å². The van der Waals surface area contributed by atoms with Crippen molar-refractivity contribution in [1.29, 1.82) is 0 Å². The van der Waals surface area contributed by atoms with Gasteiger partial charge in [0.15, 0.2) is 0 Å². The summed E-state index contributed by atoms with van der Waals surface area (Å²) in [5.41, 5.74) is 9.76. The number of methoxy groups -OCH3 is 1. The second-order valence-electron chi connectivity index (χ2n) is 7.54. The molecular formula is C25H25N3O. The summed E-state index contributed by atoms with van der Waals surface area (Å²) in [6.45, 7) is 8.33. The van der Waals surface area contributed by atoms with Crippen LogP contribution in [0.3, 0.4) is 0 Å². The molecule has 0 atom stereocenters. The summed E-state index contributed by atoms with van der Waals surface area (Å²) in [7, 11) is 1.68. The molecule has 0 amide bonds. The van der Waals surface area contributed by atoms with Gasteiger partial charge < -0.3 is 4.74 Å². The average molecular weight is 383 g/mol. The second kappa shape index (κ2) is 7.55. The van der Waals surface area contributed by atoms with Crippen molar-refractivity contribution >= 4 is 33.2 Å². The van der Waals surface area contributed by atoms with Crippen LogP contribution in [0.1, 0.15) is 29.2 Å². The Morgan fingerprint density at radius 3 is 2.45 bits per heavy atom. The van der Waals surface area contributed by atoms with Gasteiger partial charge in [-0.15, -0.1) is 0 Å². The first kappa shape index (κ1) is 18.9. The molecule has 0 fully saturated rings. The number of hydrogen-bond acceptors (Lipinski definition) is 4. The summed E-state index contributed by atoms with van der Waals surface area (Å²) in [5, 5.41) is 8.07. The summed E-state index contributed by atoms with van der Waals surface area (Å²) in [6.07, 6.45) is 0. The van der Waals surface area contributed by atoms with E-state index in [1.165, 1.54) is 22.1 Å². The van der Waals surface area contributed by atoms with Crippen molar-refractivity contribution in [2.45, 2.75) is 27.7 Å². The predicted molar refractivity (Wildman–Crippen MR) is 122 cm³/mol. The van der Waals surface area contributed by atoms with E-state index in [9.17, 15) is 0 Å². The van der Waals surface area contributed by atoms with Gasteiger partial charge >= 0.3 is 0 Å². The van der Waals surface area contributed by atoms with E-state index in [1.807, 2.05) is 25.1 Å². The molecule has 4 aromatic rings.